The number of aromatic amines is 1. The second-order valence-corrected chi connectivity index (χ2v) is 9.71. The summed E-state index contributed by atoms with van der Waals surface area (Å²) in [6, 6.07) is 16.2. The zero-order chi connectivity index (χ0) is 27.4. The van der Waals surface area contributed by atoms with Crippen molar-refractivity contribution < 1.29 is 0 Å². The molecule has 0 fully saturated rings. The topological polar surface area (TPSA) is 116 Å². The first-order valence-corrected chi connectivity index (χ1v) is 13.7. The Balaban J connectivity index is 1.58. The third-order valence-electron chi connectivity index (χ3n) is 7.08. The van der Waals surface area contributed by atoms with Crippen LogP contribution in [0.2, 0.25) is 0 Å². The van der Waals surface area contributed by atoms with Crippen molar-refractivity contribution in [3.8, 4) is 22.5 Å². The highest BCUT2D eigenvalue weighted by atomic mass is 16.2. The predicted molar refractivity (Wildman–Crippen MR) is 152 cm³/mol. The fourth-order valence-electron chi connectivity index (χ4n) is 5.11. The molecule has 10 nitrogen and oxygen atoms in total. The number of nitrogens with one attached hydrogen (secondary N) is 1. The molecule has 0 aliphatic rings. The van der Waals surface area contributed by atoms with Gasteiger partial charge in [-0.05, 0) is 41.7 Å². The number of nitrogens with zero attached hydrogens (tertiary/aromatic N) is 7. The molecule has 0 radical (unpaired) electrons. The van der Waals surface area contributed by atoms with Crippen LogP contribution < -0.4 is 11.2 Å². The van der Waals surface area contributed by atoms with E-state index in [2.05, 4.69) is 51.8 Å². The van der Waals surface area contributed by atoms with Gasteiger partial charge in [-0.3, -0.25) is 13.9 Å². The number of aromatic nitrogens is 8. The molecule has 3 aromatic heterocycles. The van der Waals surface area contributed by atoms with Gasteiger partial charge >= 0.3 is 5.69 Å². The molecule has 5 aromatic rings. The van der Waals surface area contributed by atoms with E-state index < -0.39 is 0 Å². The van der Waals surface area contributed by atoms with Gasteiger partial charge in [-0.25, -0.2) is 9.78 Å². The van der Waals surface area contributed by atoms with Gasteiger partial charge in [0.2, 0.25) is 5.82 Å². The summed E-state index contributed by atoms with van der Waals surface area (Å²) in [6.45, 7) is 7.36. The molecule has 202 valence electrons. The minimum absolute atomic E-state index is 0.273. The average molecular weight is 527 g/mol. The maximum atomic E-state index is 13.5. The highest BCUT2D eigenvalue weighted by Gasteiger charge is 2.21. The summed E-state index contributed by atoms with van der Waals surface area (Å²) in [5.41, 5.74) is 4.41. The van der Waals surface area contributed by atoms with Crippen LogP contribution in [0.3, 0.4) is 0 Å². The molecule has 3 heterocycles. The molecular formula is C29H34N8O2. The Bertz CT molecular complexity index is 1680. The van der Waals surface area contributed by atoms with Gasteiger partial charge in [0.15, 0.2) is 11.2 Å². The van der Waals surface area contributed by atoms with E-state index in [4.69, 9.17) is 4.98 Å². The molecule has 0 aliphatic heterocycles. The summed E-state index contributed by atoms with van der Waals surface area (Å²) in [4.78, 5) is 31.6. The third kappa shape index (κ3) is 5.06. The van der Waals surface area contributed by atoms with E-state index in [1.54, 1.807) is 4.57 Å². The zero-order valence-electron chi connectivity index (χ0n) is 22.7. The fraction of sp³-hybridized carbons (Fsp3) is 0.379. The quantitative estimate of drug-likeness (QED) is 0.255. The van der Waals surface area contributed by atoms with E-state index in [-0.39, 0.29) is 11.2 Å². The van der Waals surface area contributed by atoms with E-state index in [0.29, 0.717) is 36.6 Å². The second kappa shape index (κ2) is 11.6. The third-order valence-corrected chi connectivity index (χ3v) is 7.08. The normalized spacial score (nSPS) is 11.5. The van der Waals surface area contributed by atoms with E-state index in [0.717, 1.165) is 60.2 Å². The lowest BCUT2D eigenvalue weighted by Gasteiger charge is -2.13. The van der Waals surface area contributed by atoms with Crippen molar-refractivity contribution >= 4 is 11.2 Å². The summed E-state index contributed by atoms with van der Waals surface area (Å²) in [5, 5.41) is 14.5. The molecule has 1 N–H and O–H groups in total. The lowest BCUT2D eigenvalue weighted by molar-refractivity contribution is 0.578. The Morgan fingerprint density at radius 1 is 0.846 bits per heavy atom. The monoisotopic (exact) mass is 526 g/mol. The van der Waals surface area contributed by atoms with Crippen LogP contribution in [0.15, 0.2) is 58.1 Å². The molecule has 0 unspecified atom stereocenters. The minimum Gasteiger partial charge on any atom is -0.318 e. The summed E-state index contributed by atoms with van der Waals surface area (Å²) >= 11 is 0. The summed E-state index contributed by atoms with van der Waals surface area (Å²) in [7, 11) is 0. The van der Waals surface area contributed by atoms with Crippen LogP contribution in [-0.2, 0) is 26.1 Å². The van der Waals surface area contributed by atoms with Gasteiger partial charge in [0, 0.05) is 31.6 Å². The first-order valence-electron chi connectivity index (χ1n) is 13.7. The van der Waals surface area contributed by atoms with Crippen LogP contribution >= 0.6 is 0 Å². The number of tetrazole rings is 1. The Labute approximate surface area is 226 Å². The molecule has 0 saturated carbocycles. The number of unbranched alkanes of at least 4 members (excludes halogenated alkanes) is 2. The summed E-state index contributed by atoms with van der Waals surface area (Å²) in [5.74, 6) is 1.39. The molecular weight excluding hydrogens is 492 g/mol. The first-order chi connectivity index (χ1) is 19.1. The SMILES string of the molecule is CCCCCc1nc2c(c(=O)n(CC)c(=O)n2CCC)n1Cc1ccc(-c2ccccc2-c2nn[nH]n2)cc1. The smallest absolute Gasteiger partial charge is 0.318 e. The Morgan fingerprint density at radius 2 is 1.62 bits per heavy atom. The van der Waals surface area contributed by atoms with Crippen molar-refractivity contribution in [1.82, 2.24) is 39.3 Å². The number of aryl methyl sites for hydroxylation is 2. The maximum absolute atomic E-state index is 13.5. The first kappa shape index (κ1) is 26.3. The number of fused-ring (bicyclic) bond motifs is 1. The van der Waals surface area contributed by atoms with E-state index in [9.17, 15) is 9.59 Å². The number of H-pyrrole nitrogens is 1. The number of rotatable bonds is 11. The van der Waals surface area contributed by atoms with E-state index >= 15 is 0 Å². The largest absolute Gasteiger partial charge is 0.332 e. The lowest BCUT2D eigenvalue weighted by atomic mass is 9.98. The second-order valence-electron chi connectivity index (χ2n) is 9.71. The van der Waals surface area contributed by atoms with Crippen LogP contribution in [0.1, 0.15) is 57.8 Å². The predicted octanol–water partition coefficient (Wildman–Crippen LogP) is 4.42. The molecule has 10 heteroatoms. The molecule has 2 aromatic carbocycles. The van der Waals surface area contributed by atoms with Gasteiger partial charge in [0.05, 0.1) is 0 Å². The Hall–Kier alpha value is -4.34. The van der Waals surface area contributed by atoms with Gasteiger partial charge in [0.25, 0.3) is 5.56 Å². The molecule has 0 amide bonds. The minimum atomic E-state index is -0.286. The molecule has 5 rings (SSSR count). The van der Waals surface area contributed by atoms with Gasteiger partial charge in [-0.1, -0.05) is 75.2 Å². The maximum Gasteiger partial charge on any atom is 0.332 e. The van der Waals surface area contributed by atoms with Crippen LogP contribution in [0.5, 0.6) is 0 Å². The highest BCUT2D eigenvalue weighted by Crippen LogP contribution is 2.30. The highest BCUT2D eigenvalue weighted by molar-refractivity contribution is 5.80. The molecule has 0 atom stereocenters. The van der Waals surface area contributed by atoms with E-state index in [1.165, 1.54) is 4.57 Å². The van der Waals surface area contributed by atoms with Crippen LogP contribution in [-0.4, -0.2) is 39.3 Å². The average Bonchev–Trinajstić information content (AvgIpc) is 3.61. The molecule has 0 bridgehead atoms. The van der Waals surface area contributed by atoms with Crippen molar-refractivity contribution in [1.29, 1.82) is 0 Å². The van der Waals surface area contributed by atoms with Crippen LogP contribution in [0.25, 0.3) is 33.7 Å². The van der Waals surface area contributed by atoms with Crippen molar-refractivity contribution in [3.05, 3.63) is 80.8 Å². The van der Waals surface area contributed by atoms with Crippen molar-refractivity contribution in [2.24, 2.45) is 0 Å². The van der Waals surface area contributed by atoms with Gasteiger partial charge < -0.3 is 4.57 Å². The summed E-state index contributed by atoms with van der Waals surface area (Å²) < 4.78 is 5.01. The molecule has 39 heavy (non-hydrogen) atoms. The van der Waals surface area contributed by atoms with Crippen molar-refractivity contribution in [2.45, 2.75) is 72.5 Å². The number of hydrogen-bond donors (Lipinski definition) is 1. The molecule has 0 saturated heterocycles. The molecule has 0 aliphatic carbocycles. The van der Waals surface area contributed by atoms with Crippen LogP contribution in [0.4, 0.5) is 0 Å². The lowest BCUT2D eigenvalue weighted by Crippen LogP contribution is -2.40. The summed E-state index contributed by atoms with van der Waals surface area (Å²) in [6.07, 6.45) is 4.69. The van der Waals surface area contributed by atoms with Gasteiger partial charge in [0.1, 0.15) is 5.82 Å². The number of imidazole rings is 1. The fourth-order valence-corrected chi connectivity index (χ4v) is 5.11. The van der Waals surface area contributed by atoms with Gasteiger partial charge in [-0.15, -0.1) is 10.2 Å². The van der Waals surface area contributed by atoms with Crippen LogP contribution in [0, 0.1) is 0 Å². The van der Waals surface area contributed by atoms with E-state index in [1.807, 2.05) is 42.7 Å². The standard InChI is InChI=1S/C29H34N8O2/c1-4-7-8-13-24-30-27-25(28(38)35(6-3)29(39)36(27)18-5-2)37(24)19-20-14-16-21(17-15-20)22-11-9-10-12-23(22)26-31-33-34-32-26/h9-12,14-17H,4-8,13,18-19H2,1-3H3,(H,31,32,33,34). The molecule has 0 spiro atoms. The van der Waals surface area contributed by atoms with Crippen molar-refractivity contribution in [2.75, 3.05) is 0 Å². The Morgan fingerprint density at radius 3 is 2.28 bits per heavy atom. The number of benzene rings is 2. The number of hydrogen-bond acceptors (Lipinski definition) is 6. The van der Waals surface area contributed by atoms with Crippen molar-refractivity contribution in [3.63, 3.8) is 0 Å². The zero-order valence-corrected chi connectivity index (χ0v) is 22.7. The van der Waals surface area contributed by atoms with Gasteiger partial charge in [-0.2, -0.15) is 5.21 Å². The Kier molecular flexibility index (Phi) is 7.81.